The van der Waals surface area contributed by atoms with Crippen molar-refractivity contribution < 1.29 is 9.21 Å². The SMILES string of the molecule is CCc1cnc(NC(=O)CN(C)C)o1. The van der Waals surface area contributed by atoms with Crippen LogP contribution in [0.3, 0.4) is 0 Å². The summed E-state index contributed by atoms with van der Waals surface area (Å²) in [6.45, 7) is 2.29. The molecular weight excluding hydrogens is 182 g/mol. The molecule has 0 atom stereocenters. The van der Waals surface area contributed by atoms with Crippen LogP contribution in [0.2, 0.25) is 0 Å². The summed E-state index contributed by atoms with van der Waals surface area (Å²) in [6.07, 6.45) is 2.39. The zero-order chi connectivity index (χ0) is 10.6. The third kappa shape index (κ3) is 3.18. The quantitative estimate of drug-likeness (QED) is 0.773. The third-order valence-corrected chi connectivity index (χ3v) is 1.61. The number of carbonyl (C=O) groups excluding carboxylic acids is 1. The minimum atomic E-state index is -0.125. The Morgan fingerprint density at radius 2 is 2.36 bits per heavy atom. The van der Waals surface area contributed by atoms with Crippen LogP contribution < -0.4 is 5.32 Å². The van der Waals surface area contributed by atoms with Crippen molar-refractivity contribution in [2.75, 3.05) is 26.0 Å². The van der Waals surface area contributed by atoms with Crippen LogP contribution in [0.5, 0.6) is 0 Å². The highest BCUT2D eigenvalue weighted by atomic mass is 16.4. The van der Waals surface area contributed by atoms with Crippen molar-refractivity contribution in [3.8, 4) is 0 Å². The van der Waals surface area contributed by atoms with Crippen LogP contribution in [-0.2, 0) is 11.2 Å². The molecule has 0 saturated carbocycles. The van der Waals surface area contributed by atoms with Crippen LogP contribution in [0.25, 0.3) is 0 Å². The number of anilines is 1. The first-order chi connectivity index (χ1) is 6.61. The van der Waals surface area contributed by atoms with Gasteiger partial charge in [-0.1, -0.05) is 6.92 Å². The second kappa shape index (κ2) is 4.76. The highest BCUT2D eigenvalue weighted by molar-refractivity contribution is 5.90. The summed E-state index contributed by atoms with van der Waals surface area (Å²) in [5.74, 6) is 0.643. The zero-order valence-corrected chi connectivity index (χ0v) is 8.70. The molecular formula is C9H15N3O2. The van der Waals surface area contributed by atoms with Crippen LogP contribution in [0.1, 0.15) is 12.7 Å². The van der Waals surface area contributed by atoms with E-state index in [2.05, 4.69) is 10.3 Å². The normalized spacial score (nSPS) is 10.6. The van der Waals surface area contributed by atoms with Crippen LogP contribution >= 0.6 is 0 Å². The largest absolute Gasteiger partial charge is 0.429 e. The van der Waals surface area contributed by atoms with Crippen molar-refractivity contribution >= 4 is 11.9 Å². The lowest BCUT2D eigenvalue weighted by atomic mass is 10.4. The Morgan fingerprint density at radius 3 is 2.86 bits per heavy atom. The molecule has 1 N–H and O–H groups in total. The molecule has 0 aromatic carbocycles. The van der Waals surface area contributed by atoms with Gasteiger partial charge in [-0.05, 0) is 14.1 Å². The maximum Gasteiger partial charge on any atom is 0.301 e. The predicted octanol–water partition coefficient (Wildman–Crippen LogP) is 0.737. The number of hydrogen-bond donors (Lipinski definition) is 1. The molecule has 0 saturated heterocycles. The minimum Gasteiger partial charge on any atom is -0.429 e. The second-order valence-electron chi connectivity index (χ2n) is 3.27. The Morgan fingerprint density at radius 1 is 1.64 bits per heavy atom. The van der Waals surface area contributed by atoms with Gasteiger partial charge >= 0.3 is 6.01 Å². The first kappa shape index (κ1) is 10.7. The summed E-state index contributed by atoms with van der Waals surface area (Å²) in [6, 6.07) is 0.272. The Hall–Kier alpha value is -1.36. The predicted molar refractivity (Wildman–Crippen MR) is 53.1 cm³/mol. The van der Waals surface area contributed by atoms with Crippen LogP contribution in [-0.4, -0.2) is 36.4 Å². The van der Waals surface area contributed by atoms with E-state index in [1.165, 1.54) is 0 Å². The number of likely N-dealkylation sites (N-methyl/N-ethyl adjacent to an activating group) is 1. The van der Waals surface area contributed by atoms with E-state index in [1.807, 2.05) is 21.0 Å². The van der Waals surface area contributed by atoms with Crippen LogP contribution in [0.15, 0.2) is 10.6 Å². The van der Waals surface area contributed by atoms with Gasteiger partial charge in [0.25, 0.3) is 0 Å². The second-order valence-corrected chi connectivity index (χ2v) is 3.27. The molecule has 0 spiro atoms. The van der Waals surface area contributed by atoms with Crippen molar-refractivity contribution in [3.05, 3.63) is 12.0 Å². The lowest BCUT2D eigenvalue weighted by Gasteiger charge is -2.07. The molecule has 0 bridgehead atoms. The summed E-state index contributed by atoms with van der Waals surface area (Å²) < 4.78 is 5.22. The van der Waals surface area contributed by atoms with E-state index in [0.717, 1.165) is 12.2 Å². The molecule has 14 heavy (non-hydrogen) atoms. The van der Waals surface area contributed by atoms with Crippen molar-refractivity contribution in [1.29, 1.82) is 0 Å². The molecule has 0 aliphatic rings. The Labute approximate surface area is 83.1 Å². The molecule has 0 aliphatic carbocycles. The number of oxazole rings is 1. The van der Waals surface area contributed by atoms with Crippen LogP contribution in [0, 0.1) is 0 Å². The van der Waals surface area contributed by atoms with Gasteiger partial charge in [-0.25, -0.2) is 4.98 Å². The standard InChI is InChI=1S/C9H15N3O2/c1-4-7-5-10-9(14-7)11-8(13)6-12(2)3/h5H,4,6H2,1-3H3,(H,10,11,13). The Kier molecular flexibility index (Phi) is 3.64. The lowest BCUT2D eigenvalue weighted by molar-refractivity contribution is -0.116. The monoisotopic (exact) mass is 197 g/mol. The van der Waals surface area contributed by atoms with Gasteiger partial charge in [0.1, 0.15) is 5.76 Å². The molecule has 5 heteroatoms. The average molecular weight is 197 g/mol. The number of carbonyl (C=O) groups is 1. The first-order valence-corrected chi connectivity index (χ1v) is 4.51. The number of aromatic nitrogens is 1. The molecule has 0 unspecified atom stereocenters. The summed E-state index contributed by atoms with van der Waals surface area (Å²) in [4.78, 5) is 17.0. The highest BCUT2D eigenvalue weighted by Gasteiger charge is 2.07. The molecule has 78 valence electrons. The van der Waals surface area contributed by atoms with Crippen molar-refractivity contribution in [2.45, 2.75) is 13.3 Å². The van der Waals surface area contributed by atoms with Crippen molar-refractivity contribution in [2.24, 2.45) is 0 Å². The van der Waals surface area contributed by atoms with E-state index in [9.17, 15) is 4.79 Å². The maximum absolute atomic E-state index is 11.3. The number of rotatable bonds is 4. The number of nitrogens with one attached hydrogen (secondary N) is 1. The number of aryl methyl sites for hydroxylation is 1. The lowest BCUT2D eigenvalue weighted by Crippen LogP contribution is -2.27. The number of hydrogen-bond acceptors (Lipinski definition) is 4. The van der Waals surface area contributed by atoms with Crippen LogP contribution in [0.4, 0.5) is 6.01 Å². The first-order valence-electron chi connectivity index (χ1n) is 4.51. The van der Waals surface area contributed by atoms with E-state index in [0.29, 0.717) is 6.54 Å². The smallest absolute Gasteiger partial charge is 0.301 e. The van der Waals surface area contributed by atoms with Gasteiger partial charge in [0.05, 0.1) is 12.7 Å². The minimum absolute atomic E-state index is 0.125. The Bertz CT molecular complexity index is 307. The van der Waals surface area contributed by atoms with Gasteiger partial charge in [-0.3, -0.25) is 10.1 Å². The van der Waals surface area contributed by atoms with Crippen molar-refractivity contribution in [1.82, 2.24) is 9.88 Å². The zero-order valence-electron chi connectivity index (χ0n) is 8.70. The third-order valence-electron chi connectivity index (χ3n) is 1.61. The molecule has 1 heterocycles. The maximum atomic E-state index is 11.3. The van der Waals surface area contributed by atoms with E-state index in [-0.39, 0.29) is 11.9 Å². The van der Waals surface area contributed by atoms with Gasteiger partial charge < -0.3 is 9.32 Å². The average Bonchev–Trinajstić information content (AvgIpc) is 2.50. The summed E-state index contributed by atoms with van der Waals surface area (Å²) >= 11 is 0. The topological polar surface area (TPSA) is 58.4 Å². The fraction of sp³-hybridized carbons (Fsp3) is 0.556. The van der Waals surface area contributed by atoms with E-state index in [4.69, 9.17) is 4.42 Å². The van der Waals surface area contributed by atoms with E-state index in [1.54, 1.807) is 11.1 Å². The summed E-state index contributed by atoms with van der Waals surface area (Å²) in [7, 11) is 3.65. The van der Waals surface area contributed by atoms with Crippen molar-refractivity contribution in [3.63, 3.8) is 0 Å². The van der Waals surface area contributed by atoms with Gasteiger partial charge in [-0.15, -0.1) is 0 Å². The molecule has 1 aromatic heterocycles. The van der Waals surface area contributed by atoms with Gasteiger partial charge in [0.15, 0.2) is 0 Å². The summed E-state index contributed by atoms with van der Waals surface area (Å²) in [5.41, 5.74) is 0. The number of amides is 1. The van der Waals surface area contributed by atoms with E-state index >= 15 is 0 Å². The molecule has 0 fully saturated rings. The highest BCUT2D eigenvalue weighted by Crippen LogP contribution is 2.08. The molecule has 5 nitrogen and oxygen atoms in total. The Balaban J connectivity index is 2.47. The number of nitrogens with zero attached hydrogens (tertiary/aromatic N) is 2. The fourth-order valence-electron chi connectivity index (χ4n) is 0.975. The molecule has 1 amide bonds. The fourth-order valence-corrected chi connectivity index (χ4v) is 0.975. The van der Waals surface area contributed by atoms with E-state index < -0.39 is 0 Å². The summed E-state index contributed by atoms with van der Waals surface area (Å²) in [5, 5.41) is 2.57. The molecule has 1 rings (SSSR count). The molecule has 0 aliphatic heterocycles. The molecule has 1 aromatic rings. The van der Waals surface area contributed by atoms with Gasteiger partial charge in [0.2, 0.25) is 5.91 Å². The van der Waals surface area contributed by atoms with Gasteiger partial charge in [-0.2, -0.15) is 0 Å². The van der Waals surface area contributed by atoms with Gasteiger partial charge in [0, 0.05) is 6.42 Å². The molecule has 0 radical (unpaired) electrons.